The molecule has 0 radical (unpaired) electrons. The van der Waals surface area contributed by atoms with Crippen molar-refractivity contribution in [2.45, 2.75) is 25.7 Å². The molecule has 2 heteroatoms. The largest absolute Gasteiger partial charge is 0.310 e. The van der Waals surface area contributed by atoms with E-state index in [1.54, 1.807) is 0 Å². The van der Waals surface area contributed by atoms with E-state index in [0.717, 1.165) is 12.1 Å². The van der Waals surface area contributed by atoms with E-state index in [-0.39, 0.29) is 5.41 Å². The summed E-state index contributed by atoms with van der Waals surface area (Å²) < 4.78 is 2.51. The Morgan fingerprint density at radius 2 is 0.933 bits per heavy atom. The van der Waals surface area contributed by atoms with Gasteiger partial charge >= 0.3 is 0 Å². The number of aromatic nitrogens is 1. The molecule has 0 unspecified atom stereocenters. The molecule has 0 bridgehead atoms. The van der Waals surface area contributed by atoms with Gasteiger partial charge in [0.1, 0.15) is 0 Å². The molecule has 0 saturated carbocycles. The Morgan fingerprint density at radius 3 is 1.77 bits per heavy atom. The summed E-state index contributed by atoms with van der Waals surface area (Å²) in [5.41, 5.74) is 23.1. The van der Waals surface area contributed by atoms with Crippen molar-refractivity contribution in [3.8, 4) is 44.5 Å². The van der Waals surface area contributed by atoms with E-state index < -0.39 is 0 Å². The Balaban J connectivity index is 0.920. The van der Waals surface area contributed by atoms with Gasteiger partial charge in [-0.2, -0.15) is 0 Å². The molecule has 0 N–H and O–H groups in total. The average Bonchev–Trinajstić information content (AvgIpc) is 4.01. The first kappa shape index (κ1) is 33.5. The molecule has 0 atom stereocenters. The normalized spacial score (nSPS) is 13.6. The number of anilines is 3. The van der Waals surface area contributed by atoms with Crippen LogP contribution in [0.15, 0.2) is 194 Å². The van der Waals surface area contributed by atoms with Crippen LogP contribution in [0, 0.1) is 0 Å². The number of benzene rings is 9. The van der Waals surface area contributed by atoms with E-state index in [4.69, 9.17) is 0 Å². The number of hydrogen-bond donors (Lipinski definition) is 0. The molecule has 11 aromatic rings. The first-order chi connectivity index (χ1) is 29.5. The maximum atomic E-state index is 2.51. The van der Waals surface area contributed by atoms with Gasteiger partial charge in [-0.25, -0.2) is 0 Å². The zero-order valence-electron chi connectivity index (χ0n) is 33.6. The number of nitrogens with zero attached hydrogens (tertiary/aromatic N) is 2. The molecule has 0 fully saturated rings. The maximum Gasteiger partial charge on any atom is 0.0620 e. The SMILES string of the molecule is CC1(C)c2ccccc2-c2ccc(N(c3ccc(-c4ccccc4)cc3)c3ccc4c(c3)Cc3cc(-c5cccc6c7cccc8c9ccccc9n(c56)c87)ccc3-4)cc21. The van der Waals surface area contributed by atoms with Crippen molar-refractivity contribution in [1.82, 2.24) is 4.40 Å². The topological polar surface area (TPSA) is 7.65 Å². The third-order valence-electron chi connectivity index (χ3n) is 13.7. The summed E-state index contributed by atoms with van der Waals surface area (Å²) in [6.45, 7) is 4.73. The zero-order valence-corrected chi connectivity index (χ0v) is 33.6. The standard InChI is InChI=1S/C58H40N2/c1-58(2)53-20-8-6-14-47(53)48-31-28-43(35-54(48)58)59(41-25-22-37(23-26-41)36-12-4-3-5-13-36)42-27-30-45-40(34-42)33-39-32-38(24-29-44(39)45)46-16-10-18-51-52-19-11-17-50-49-15-7-9-21-55(49)60(56(46)51)57(50)52/h3-32,34-35H,33H2,1-2H3. The number of para-hydroxylation sites is 3. The van der Waals surface area contributed by atoms with Gasteiger partial charge in [-0.3, -0.25) is 0 Å². The average molecular weight is 765 g/mol. The van der Waals surface area contributed by atoms with Crippen LogP contribution in [0.5, 0.6) is 0 Å². The lowest BCUT2D eigenvalue weighted by Gasteiger charge is -2.28. The molecular formula is C58H40N2. The van der Waals surface area contributed by atoms with E-state index in [2.05, 4.69) is 217 Å². The van der Waals surface area contributed by atoms with Gasteiger partial charge in [0.25, 0.3) is 0 Å². The van der Waals surface area contributed by atoms with E-state index in [9.17, 15) is 0 Å². The monoisotopic (exact) mass is 764 g/mol. The summed E-state index contributed by atoms with van der Waals surface area (Å²) in [5.74, 6) is 0. The second kappa shape index (κ2) is 12.3. The highest BCUT2D eigenvalue weighted by Gasteiger charge is 2.36. The van der Waals surface area contributed by atoms with Crippen LogP contribution in [-0.2, 0) is 11.8 Å². The van der Waals surface area contributed by atoms with Crippen molar-refractivity contribution in [2.75, 3.05) is 4.90 Å². The first-order valence-electron chi connectivity index (χ1n) is 21.1. The first-order valence-corrected chi connectivity index (χ1v) is 21.1. The van der Waals surface area contributed by atoms with E-state index in [1.807, 2.05) is 0 Å². The van der Waals surface area contributed by atoms with Gasteiger partial charge in [-0.15, -0.1) is 0 Å². The quantitative estimate of drug-likeness (QED) is 0.169. The summed E-state index contributed by atoms with van der Waals surface area (Å²) in [6, 6.07) is 72.5. The van der Waals surface area contributed by atoms with Crippen LogP contribution in [0.2, 0.25) is 0 Å². The minimum atomic E-state index is -0.0931. The molecule has 0 amide bonds. The van der Waals surface area contributed by atoms with Crippen LogP contribution in [0.25, 0.3) is 82.6 Å². The van der Waals surface area contributed by atoms with Crippen LogP contribution in [0.3, 0.4) is 0 Å². The van der Waals surface area contributed by atoms with E-state index in [0.29, 0.717) is 0 Å². The lowest BCUT2D eigenvalue weighted by Crippen LogP contribution is -2.16. The van der Waals surface area contributed by atoms with Crippen LogP contribution >= 0.6 is 0 Å². The summed E-state index contributed by atoms with van der Waals surface area (Å²) in [5, 5.41) is 5.26. The molecule has 2 heterocycles. The summed E-state index contributed by atoms with van der Waals surface area (Å²) in [7, 11) is 0. The van der Waals surface area contributed by atoms with Crippen molar-refractivity contribution in [3.05, 3.63) is 216 Å². The molecule has 2 aliphatic carbocycles. The summed E-state index contributed by atoms with van der Waals surface area (Å²) >= 11 is 0. The molecule has 2 aromatic heterocycles. The summed E-state index contributed by atoms with van der Waals surface area (Å²) in [6.07, 6.45) is 0.894. The molecular weight excluding hydrogens is 725 g/mol. The number of fused-ring (bicyclic) bond motifs is 12. The van der Waals surface area contributed by atoms with Gasteiger partial charge < -0.3 is 9.30 Å². The second-order valence-corrected chi connectivity index (χ2v) is 17.3. The molecule has 0 spiro atoms. The summed E-state index contributed by atoms with van der Waals surface area (Å²) in [4.78, 5) is 2.45. The Kier molecular flexibility index (Phi) is 6.88. The third kappa shape index (κ3) is 4.65. The fourth-order valence-corrected chi connectivity index (χ4v) is 10.9. The van der Waals surface area contributed by atoms with Gasteiger partial charge in [0.15, 0.2) is 0 Å². The number of hydrogen-bond acceptors (Lipinski definition) is 1. The Bertz CT molecular complexity index is 3530. The van der Waals surface area contributed by atoms with Crippen LogP contribution in [0.4, 0.5) is 17.1 Å². The van der Waals surface area contributed by atoms with Crippen molar-refractivity contribution in [1.29, 1.82) is 0 Å². The van der Waals surface area contributed by atoms with Crippen molar-refractivity contribution in [3.63, 3.8) is 0 Å². The van der Waals surface area contributed by atoms with Crippen molar-refractivity contribution < 1.29 is 0 Å². The predicted octanol–water partition coefficient (Wildman–Crippen LogP) is 15.5. The second-order valence-electron chi connectivity index (χ2n) is 17.3. The minimum Gasteiger partial charge on any atom is -0.310 e. The van der Waals surface area contributed by atoms with Gasteiger partial charge in [0, 0.05) is 49.6 Å². The van der Waals surface area contributed by atoms with Gasteiger partial charge in [0.05, 0.1) is 16.6 Å². The molecule has 60 heavy (non-hydrogen) atoms. The smallest absolute Gasteiger partial charge is 0.0620 e. The maximum absolute atomic E-state index is 2.51. The van der Waals surface area contributed by atoms with Gasteiger partial charge in [-0.05, 0) is 110 Å². The Labute approximate surface area is 349 Å². The van der Waals surface area contributed by atoms with Gasteiger partial charge in [-0.1, -0.05) is 166 Å². The molecule has 13 rings (SSSR count). The molecule has 9 aromatic carbocycles. The Morgan fingerprint density at radius 1 is 0.383 bits per heavy atom. The Hall–Kier alpha value is -7.42. The highest BCUT2D eigenvalue weighted by Crippen LogP contribution is 2.51. The highest BCUT2D eigenvalue weighted by molar-refractivity contribution is 6.25. The lowest BCUT2D eigenvalue weighted by molar-refractivity contribution is 0.660. The van der Waals surface area contributed by atoms with Crippen molar-refractivity contribution >= 4 is 55.2 Å². The lowest BCUT2D eigenvalue weighted by atomic mass is 9.82. The molecule has 0 aliphatic heterocycles. The molecule has 2 nitrogen and oxygen atoms in total. The number of rotatable bonds is 5. The van der Waals surface area contributed by atoms with E-state index >= 15 is 0 Å². The highest BCUT2D eigenvalue weighted by atomic mass is 15.1. The fourth-order valence-electron chi connectivity index (χ4n) is 10.9. The van der Waals surface area contributed by atoms with Crippen molar-refractivity contribution in [2.24, 2.45) is 0 Å². The van der Waals surface area contributed by atoms with Crippen LogP contribution < -0.4 is 4.90 Å². The van der Waals surface area contributed by atoms with Gasteiger partial charge in [0.2, 0.25) is 0 Å². The molecule has 2 aliphatic rings. The fraction of sp³-hybridized carbons (Fsp3) is 0.0690. The third-order valence-corrected chi connectivity index (χ3v) is 13.7. The van der Waals surface area contributed by atoms with E-state index in [1.165, 1.54) is 116 Å². The minimum absolute atomic E-state index is 0.0931. The molecule has 0 saturated heterocycles. The molecule has 282 valence electrons. The van der Waals surface area contributed by atoms with Crippen LogP contribution in [0.1, 0.15) is 36.1 Å². The van der Waals surface area contributed by atoms with Crippen LogP contribution in [-0.4, -0.2) is 4.40 Å². The zero-order chi connectivity index (χ0) is 39.7. The predicted molar refractivity (Wildman–Crippen MR) is 252 cm³/mol.